The molecule has 1 aromatic carbocycles. The first kappa shape index (κ1) is 12.5. The van der Waals surface area contributed by atoms with Crippen LogP contribution in [-0.2, 0) is 11.3 Å². The van der Waals surface area contributed by atoms with Gasteiger partial charge in [-0.15, -0.1) is 0 Å². The Labute approximate surface area is 108 Å². The zero-order valence-electron chi connectivity index (χ0n) is 10.1. The summed E-state index contributed by atoms with van der Waals surface area (Å²) in [6, 6.07) is 8.14. The van der Waals surface area contributed by atoms with Gasteiger partial charge >= 0.3 is 0 Å². The number of benzene rings is 1. The van der Waals surface area contributed by atoms with Crippen molar-refractivity contribution in [1.82, 2.24) is 4.90 Å². The third-order valence-corrected chi connectivity index (χ3v) is 3.42. The third kappa shape index (κ3) is 3.25. The molecule has 0 amide bonds. The molecule has 0 aliphatic carbocycles. The Morgan fingerprint density at radius 1 is 1.59 bits per heavy atom. The van der Waals surface area contributed by atoms with E-state index in [1.807, 2.05) is 12.1 Å². The Balaban J connectivity index is 1.99. The molecule has 0 radical (unpaired) electrons. The summed E-state index contributed by atoms with van der Waals surface area (Å²) >= 11 is 4.99. The van der Waals surface area contributed by atoms with Crippen LogP contribution in [0.3, 0.4) is 0 Å². The van der Waals surface area contributed by atoms with Crippen LogP contribution in [0, 0.1) is 0 Å². The van der Waals surface area contributed by atoms with Crippen LogP contribution < -0.4 is 5.73 Å². The largest absolute Gasteiger partial charge is 0.389 e. The molecule has 1 unspecified atom stereocenters. The Kier molecular flexibility index (Phi) is 4.10. The van der Waals surface area contributed by atoms with E-state index in [-0.39, 0.29) is 0 Å². The smallest absolute Gasteiger partial charge is 0.103 e. The number of ether oxygens (including phenoxy) is 1. The number of methoxy groups -OCH3 is 1. The average molecular weight is 250 g/mol. The van der Waals surface area contributed by atoms with E-state index in [9.17, 15) is 0 Å². The first-order chi connectivity index (χ1) is 8.19. The highest BCUT2D eigenvalue weighted by atomic mass is 32.1. The maximum absolute atomic E-state index is 5.63. The maximum atomic E-state index is 5.63. The minimum absolute atomic E-state index is 0.383. The van der Waals surface area contributed by atoms with Gasteiger partial charge in [-0.25, -0.2) is 0 Å². The summed E-state index contributed by atoms with van der Waals surface area (Å²) in [7, 11) is 1.78. The number of likely N-dealkylation sites (tertiary alicyclic amines) is 1. The zero-order chi connectivity index (χ0) is 12.3. The lowest BCUT2D eigenvalue weighted by Crippen LogP contribution is -2.22. The molecule has 1 atom stereocenters. The average Bonchev–Trinajstić information content (AvgIpc) is 2.77. The van der Waals surface area contributed by atoms with E-state index >= 15 is 0 Å². The fourth-order valence-corrected chi connectivity index (χ4v) is 2.34. The van der Waals surface area contributed by atoms with Crippen molar-refractivity contribution in [2.45, 2.75) is 19.1 Å². The van der Waals surface area contributed by atoms with Gasteiger partial charge in [-0.1, -0.05) is 30.4 Å². The van der Waals surface area contributed by atoms with Gasteiger partial charge < -0.3 is 10.5 Å². The predicted octanol–water partition coefficient (Wildman–Crippen LogP) is 1.54. The Hall–Kier alpha value is -0.970. The molecule has 1 fully saturated rings. The van der Waals surface area contributed by atoms with Crippen LogP contribution in [0.4, 0.5) is 0 Å². The summed E-state index contributed by atoms with van der Waals surface area (Å²) in [5.41, 5.74) is 7.83. The molecule has 2 rings (SSSR count). The summed E-state index contributed by atoms with van der Waals surface area (Å²) in [5.74, 6) is 0. The van der Waals surface area contributed by atoms with Gasteiger partial charge in [0.25, 0.3) is 0 Å². The van der Waals surface area contributed by atoms with Gasteiger partial charge in [0, 0.05) is 32.3 Å². The normalized spacial score (nSPS) is 20.6. The monoisotopic (exact) mass is 250 g/mol. The standard InChI is InChI=1S/C13H18N2OS/c1-16-12-5-6-15(9-12)8-10-3-2-4-11(7-10)13(14)17/h2-4,7,12H,5-6,8-9H2,1H3,(H2,14,17). The SMILES string of the molecule is COC1CCN(Cc2cccc(C(N)=S)c2)C1. The summed E-state index contributed by atoms with van der Waals surface area (Å²) in [6.07, 6.45) is 1.50. The molecule has 17 heavy (non-hydrogen) atoms. The fourth-order valence-electron chi connectivity index (χ4n) is 2.21. The third-order valence-electron chi connectivity index (χ3n) is 3.18. The molecular weight excluding hydrogens is 232 g/mol. The van der Waals surface area contributed by atoms with E-state index in [0.717, 1.165) is 31.6 Å². The number of thiocarbonyl (C=S) groups is 1. The van der Waals surface area contributed by atoms with Crippen LogP contribution in [0.15, 0.2) is 24.3 Å². The summed E-state index contributed by atoms with van der Waals surface area (Å²) < 4.78 is 5.36. The van der Waals surface area contributed by atoms with Crippen molar-refractivity contribution in [3.05, 3.63) is 35.4 Å². The Morgan fingerprint density at radius 3 is 3.06 bits per heavy atom. The highest BCUT2D eigenvalue weighted by Crippen LogP contribution is 2.16. The topological polar surface area (TPSA) is 38.5 Å². The van der Waals surface area contributed by atoms with E-state index in [1.165, 1.54) is 5.56 Å². The second kappa shape index (κ2) is 5.58. The van der Waals surface area contributed by atoms with Crippen LogP contribution in [0.25, 0.3) is 0 Å². The number of nitrogens with zero attached hydrogens (tertiary/aromatic N) is 1. The molecule has 1 aliphatic heterocycles. The molecule has 2 N–H and O–H groups in total. The minimum Gasteiger partial charge on any atom is -0.389 e. The molecule has 1 heterocycles. The van der Waals surface area contributed by atoms with Crippen LogP contribution in [0.1, 0.15) is 17.5 Å². The lowest BCUT2D eigenvalue weighted by Gasteiger charge is -2.16. The van der Waals surface area contributed by atoms with Crippen molar-refractivity contribution >= 4 is 17.2 Å². The zero-order valence-corrected chi connectivity index (χ0v) is 10.9. The van der Waals surface area contributed by atoms with Crippen molar-refractivity contribution < 1.29 is 4.74 Å². The lowest BCUT2D eigenvalue weighted by atomic mass is 10.1. The molecule has 1 aliphatic rings. The summed E-state index contributed by atoms with van der Waals surface area (Å²) in [4.78, 5) is 2.86. The number of nitrogens with two attached hydrogens (primary N) is 1. The summed E-state index contributed by atoms with van der Waals surface area (Å²) in [6.45, 7) is 3.04. The molecule has 0 spiro atoms. The first-order valence-electron chi connectivity index (χ1n) is 5.83. The van der Waals surface area contributed by atoms with Crippen LogP contribution in [0.2, 0.25) is 0 Å². The van der Waals surface area contributed by atoms with Crippen molar-refractivity contribution in [3.63, 3.8) is 0 Å². The van der Waals surface area contributed by atoms with Gasteiger partial charge in [0.15, 0.2) is 0 Å². The van der Waals surface area contributed by atoms with E-state index in [1.54, 1.807) is 7.11 Å². The molecule has 92 valence electrons. The Bertz CT molecular complexity index is 408. The first-order valence-corrected chi connectivity index (χ1v) is 6.24. The van der Waals surface area contributed by atoms with Gasteiger partial charge in [0.1, 0.15) is 4.99 Å². The van der Waals surface area contributed by atoms with E-state index in [4.69, 9.17) is 22.7 Å². The van der Waals surface area contributed by atoms with E-state index < -0.39 is 0 Å². The number of hydrogen-bond acceptors (Lipinski definition) is 3. The molecule has 0 aromatic heterocycles. The fraction of sp³-hybridized carbons (Fsp3) is 0.462. The maximum Gasteiger partial charge on any atom is 0.103 e. The van der Waals surface area contributed by atoms with Gasteiger partial charge in [-0.05, 0) is 18.1 Å². The van der Waals surface area contributed by atoms with E-state index in [2.05, 4.69) is 17.0 Å². The highest BCUT2D eigenvalue weighted by molar-refractivity contribution is 7.80. The van der Waals surface area contributed by atoms with Crippen LogP contribution in [-0.4, -0.2) is 36.2 Å². The van der Waals surface area contributed by atoms with Crippen molar-refractivity contribution in [3.8, 4) is 0 Å². The quantitative estimate of drug-likeness (QED) is 0.823. The highest BCUT2D eigenvalue weighted by Gasteiger charge is 2.21. The lowest BCUT2D eigenvalue weighted by molar-refractivity contribution is 0.107. The molecular formula is C13H18N2OS. The predicted molar refractivity (Wildman–Crippen MR) is 73.0 cm³/mol. The van der Waals surface area contributed by atoms with Gasteiger partial charge in [0.05, 0.1) is 6.10 Å². The van der Waals surface area contributed by atoms with Gasteiger partial charge in [-0.2, -0.15) is 0 Å². The van der Waals surface area contributed by atoms with Crippen molar-refractivity contribution in [2.24, 2.45) is 5.73 Å². The summed E-state index contributed by atoms with van der Waals surface area (Å²) in [5, 5.41) is 0. The molecule has 3 nitrogen and oxygen atoms in total. The number of hydrogen-bond donors (Lipinski definition) is 1. The van der Waals surface area contributed by atoms with Gasteiger partial charge in [-0.3, -0.25) is 4.90 Å². The second-order valence-corrected chi connectivity index (χ2v) is 4.89. The van der Waals surface area contributed by atoms with Crippen LogP contribution >= 0.6 is 12.2 Å². The molecule has 4 heteroatoms. The van der Waals surface area contributed by atoms with E-state index in [0.29, 0.717) is 11.1 Å². The van der Waals surface area contributed by atoms with Crippen LogP contribution in [0.5, 0.6) is 0 Å². The minimum atomic E-state index is 0.383. The molecule has 0 saturated carbocycles. The van der Waals surface area contributed by atoms with Gasteiger partial charge in [0.2, 0.25) is 0 Å². The number of rotatable bonds is 4. The Morgan fingerprint density at radius 2 is 2.41 bits per heavy atom. The second-order valence-electron chi connectivity index (χ2n) is 4.45. The molecule has 0 bridgehead atoms. The van der Waals surface area contributed by atoms with Crippen molar-refractivity contribution in [1.29, 1.82) is 0 Å². The van der Waals surface area contributed by atoms with Crippen molar-refractivity contribution in [2.75, 3.05) is 20.2 Å². The molecule has 1 saturated heterocycles. The molecule has 1 aromatic rings.